The summed E-state index contributed by atoms with van der Waals surface area (Å²) in [6.45, 7) is 11.5. The van der Waals surface area contributed by atoms with Gasteiger partial charge >= 0.3 is 6.09 Å². The van der Waals surface area contributed by atoms with Gasteiger partial charge in [-0.05, 0) is 61.9 Å². The number of rotatable bonds is 7. The first-order chi connectivity index (χ1) is 12.4. The Hall–Kier alpha value is -2.42. The molecular formula is C18H25BrN4O4. The summed E-state index contributed by atoms with van der Waals surface area (Å²) in [6.07, 6.45) is 6.11. The Labute approximate surface area is 167 Å². The normalized spacial score (nSPS) is 12.3. The van der Waals surface area contributed by atoms with E-state index < -0.39 is 16.6 Å². The lowest BCUT2D eigenvalue weighted by Crippen LogP contribution is -2.36. The summed E-state index contributed by atoms with van der Waals surface area (Å²) >= 11 is 3.45. The minimum Gasteiger partial charge on any atom is -0.444 e. The van der Waals surface area contributed by atoms with Crippen LogP contribution in [-0.4, -0.2) is 44.9 Å². The lowest BCUT2D eigenvalue weighted by atomic mass is 10.1. The van der Waals surface area contributed by atoms with Crippen molar-refractivity contribution in [3.8, 4) is 0 Å². The Morgan fingerprint density at radius 2 is 2.11 bits per heavy atom. The third-order valence-corrected chi connectivity index (χ3v) is 3.94. The first kappa shape index (κ1) is 22.6. The van der Waals surface area contributed by atoms with Crippen LogP contribution < -0.4 is 0 Å². The van der Waals surface area contributed by atoms with E-state index in [1.54, 1.807) is 30.1 Å². The molecule has 0 N–H and O–H groups in total. The molecule has 1 aromatic heterocycles. The summed E-state index contributed by atoms with van der Waals surface area (Å²) in [5, 5.41) is 15.1. The van der Waals surface area contributed by atoms with Gasteiger partial charge in [0.15, 0.2) is 0 Å². The second-order valence-electron chi connectivity index (χ2n) is 6.82. The maximum Gasteiger partial charge on any atom is 0.410 e. The van der Waals surface area contributed by atoms with Crippen molar-refractivity contribution in [2.45, 2.75) is 39.8 Å². The van der Waals surface area contributed by atoms with Crippen LogP contribution in [0.25, 0.3) is 5.57 Å². The van der Waals surface area contributed by atoms with E-state index in [0.29, 0.717) is 24.4 Å². The molecule has 9 heteroatoms. The zero-order valence-electron chi connectivity index (χ0n) is 16.2. The summed E-state index contributed by atoms with van der Waals surface area (Å²) < 4.78 is 7.75. The molecule has 27 heavy (non-hydrogen) atoms. The lowest BCUT2D eigenvalue weighted by molar-refractivity contribution is -0.418. The number of aromatic nitrogens is 2. The Kier molecular flexibility index (Phi) is 7.96. The summed E-state index contributed by atoms with van der Waals surface area (Å²) in [6, 6.07) is 0. The van der Waals surface area contributed by atoms with E-state index in [1.807, 2.05) is 27.7 Å². The number of hydrogen-bond acceptors (Lipinski definition) is 5. The first-order valence-electron chi connectivity index (χ1n) is 8.29. The molecule has 0 radical (unpaired) electrons. The number of nitro groups is 1. The number of likely N-dealkylation sites (N-methyl/N-ethyl adjacent to an activating group) is 1. The molecule has 0 aliphatic carbocycles. The third-order valence-electron chi connectivity index (χ3n) is 3.36. The molecule has 0 aromatic carbocycles. The fraction of sp³-hybridized carbons (Fsp3) is 0.444. The number of nitrogens with zero attached hydrogens (tertiary/aromatic N) is 4. The lowest BCUT2D eigenvalue weighted by Gasteiger charge is -2.24. The second kappa shape index (κ2) is 9.50. The molecule has 8 nitrogen and oxygen atoms in total. The van der Waals surface area contributed by atoms with Gasteiger partial charge in [-0.1, -0.05) is 6.08 Å². The van der Waals surface area contributed by atoms with E-state index in [1.165, 1.54) is 11.0 Å². The highest BCUT2D eigenvalue weighted by molar-refractivity contribution is 9.10. The van der Waals surface area contributed by atoms with E-state index in [0.717, 1.165) is 4.47 Å². The van der Waals surface area contributed by atoms with Crippen molar-refractivity contribution in [2.75, 3.05) is 13.6 Å². The fourth-order valence-electron chi connectivity index (χ4n) is 1.95. The van der Waals surface area contributed by atoms with Gasteiger partial charge in [-0.15, -0.1) is 0 Å². The molecule has 0 saturated carbocycles. The molecule has 0 aliphatic heterocycles. The molecule has 0 bridgehead atoms. The number of carbonyl (C=O) groups is 1. The van der Waals surface area contributed by atoms with Crippen molar-refractivity contribution < 1.29 is 14.5 Å². The van der Waals surface area contributed by atoms with Crippen LogP contribution in [0.3, 0.4) is 0 Å². The van der Waals surface area contributed by atoms with Gasteiger partial charge in [0.05, 0.1) is 15.9 Å². The van der Waals surface area contributed by atoms with Crippen molar-refractivity contribution in [3.05, 3.63) is 57.0 Å². The van der Waals surface area contributed by atoms with Crippen LogP contribution in [0.15, 0.2) is 41.2 Å². The first-order valence-corrected chi connectivity index (χ1v) is 9.09. The van der Waals surface area contributed by atoms with Crippen LogP contribution in [0, 0.1) is 10.1 Å². The summed E-state index contributed by atoms with van der Waals surface area (Å²) in [5.74, 6) is 0. The van der Waals surface area contributed by atoms with Gasteiger partial charge in [0.1, 0.15) is 11.3 Å². The summed E-state index contributed by atoms with van der Waals surface area (Å²) in [5.41, 5.74) is 0.603. The molecule has 0 aliphatic rings. The van der Waals surface area contributed by atoms with Gasteiger partial charge in [0.2, 0.25) is 0 Å². The van der Waals surface area contributed by atoms with Crippen LogP contribution in [0.1, 0.15) is 33.4 Å². The quantitative estimate of drug-likeness (QED) is 0.358. The van der Waals surface area contributed by atoms with Gasteiger partial charge in [-0.25, -0.2) is 4.79 Å². The monoisotopic (exact) mass is 440 g/mol. The molecule has 148 valence electrons. The van der Waals surface area contributed by atoms with Crippen LogP contribution in [-0.2, 0) is 11.3 Å². The highest BCUT2D eigenvalue weighted by atomic mass is 79.9. The zero-order valence-corrected chi connectivity index (χ0v) is 17.8. The highest BCUT2D eigenvalue weighted by Crippen LogP contribution is 2.24. The number of amides is 1. The Morgan fingerprint density at radius 3 is 2.63 bits per heavy atom. The maximum absolute atomic E-state index is 12.0. The Bertz CT molecular complexity index is 775. The SMILES string of the molecule is C=C(/C=C\C(=C/C)c1nn(CCN(C)C(=O)OC(C)(C)C)cc1Br)[N+](=O)[O-]. The molecule has 1 rings (SSSR count). The Balaban J connectivity index is 2.81. The molecule has 0 fully saturated rings. The molecule has 0 spiro atoms. The topological polar surface area (TPSA) is 90.5 Å². The molecular weight excluding hydrogens is 416 g/mol. The number of hydrogen-bond donors (Lipinski definition) is 0. The van der Waals surface area contributed by atoms with E-state index in [4.69, 9.17) is 4.74 Å². The number of halogens is 1. The van der Waals surface area contributed by atoms with Crippen LogP contribution in [0.4, 0.5) is 4.79 Å². The predicted octanol–water partition coefficient (Wildman–Crippen LogP) is 4.26. The smallest absolute Gasteiger partial charge is 0.410 e. The maximum atomic E-state index is 12.0. The van der Waals surface area contributed by atoms with Gasteiger partial charge in [0, 0.05) is 25.9 Å². The molecule has 0 unspecified atom stereocenters. The minimum absolute atomic E-state index is 0.205. The second-order valence-corrected chi connectivity index (χ2v) is 7.67. The van der Waals surface area contributed by atoms with Crippen molar-refractivity contribution in [2.24, 2.45) is 0 Å². The number of carbonyl (C=O) groups excluding carboxylic acids is 1. The highest BCUT2D eigenvalue weighted by Gasteiger charge is 2.19. The average Bonchev–Trinajstić information content (AvgIpc) is 2.92. The van der Waals surface area contributed by atoms with E-state index in [9.17, 15) is 14.9 Å². The molecule has 1 heterocycles. The number of ether oxygens (including phenoxy) is 1. The van der Waals surface area contributed by atoms with E-state index >= 15 is 0 Å². The zero-order chi connectivity index (χ0) is 20.8. The minimum atomic E-state index is -0.552. The number of allylic oxidation sites excluding steroid dienone is 4. The molecule has 0 saturated heterocycles. The summed E-state index contributed by atoms with van der Waals surface area (Å²) in [4.78, 5) is 23.6. The molecule has 0 atom stereocenters. The van der Waals surface area contributed by atoms with Crippen molar-refractivity contribution in [1.29, 1.82) is 0 Å². The molecule has 1 aromatic rings. The van der Waals surface area contributed by atoms with Crippen molar-refractivity contribution in [1.82, 2.24) is 14.7 Å². The van der Waals surface area contributed by atoms with Gasteiger partial charge in [0.25, 0.3) is 5.70 Å². The summed E-state index contributed by atoms with van der Waals surface area (Å²) in [7, 11) is 1.66. The predicted molar refractivity (Wildman–Crippen MR) is 108 cm³/mol. The van der Waals surface area contributed by atoms with E-state index in [-0.39, 0.29) is 5.70 Å². The van der Waals surface area contributed by atoms with Crippen LogP contribution in [0.2, 0.25) is 0 Å². The van der Waals surface area contributed by atoms with Gasteiger partial charge in [-0.3, -0.25) is 14.8 Å². The fourth-order valence-corrected chi connectivity index (χ4v) is 2.49. The average molecular weight is 441 g/mol. The van der Waals surface area contributed by atoms with Gasteiger partial charge in [-0.2, -0.15) is 5.10 Å². The van der Waals surface area contributed by atoms with E-state index in [2.05, 4.69) is 27.6 Å². The Morgan fingerprint density at radius 1 is 1.48 bits per heavy atom. The van der Waals surface area contributed by atoms with Crippen LogP contribution in [0.5, 0.6) is 0 Å². The van der Waals surface area contributed by atoms with Crippen molar-refractivity contribution in [3.63, 3.8) is 0 Å². The standard InChI is InChI=1S/C18H25BrN4O4/c1-7-14(9-8-13(2)23(25)26)16-15(19)12-22(20-16)11-10-21(6)17(24)27-18(3,4)5/h7-9,12H,2,10-11H2,1,3-6H3/b9-8-,14-7+. The molecule has 1 amide bonds. The van der Waals surface area contributed by atoms with Crippen molar-refractivity contribution >= 4 is 27.6 Å². The van der Waals surface area contributed by atoms with Gasteiger partial charge < -0.3 is 9.64 Å². The largest absolute Gasteiger partial charge is 0.444 e. The third kappa shape index (κ3) is 7.38. The van der Waals surface area contributed by atoms with Crippen LogP contribution >= 0.6 is 15.9 Å².